The fraction of sp³-hybridized carbons (Fsp3) is 0.632. The van der Waals surface area contributed by atoms with Crippen molar-refractivity contribution in [2.24, 2.45) is 0 Å². The van der Waals surface area contributed by atoms with Gasteiger partial charge in [0.1, 0.15) is 0 Å². The summed E-state index contributed by atoms with van der Waals surface area (Å²) in [5, 5.41) is 0.568. The van der Waals surface area contributed by atoms with Crippen molar-refractivity contribution < 1.29 is 4.79 Å². The third-order valence-corrected chi connectivity index (χ3v) is 6.49. The number of amides is 1. The molecule has 0 unspecified atom stereocenters. The summed E-state index contributed by atoms with van der Waals surface area (Å²) >= 11 is 1.48. The SMILES string of the molecule is Nc1nc2nc(C3CCN(C(=O)CCN4CCCCC4)CC3)ccc2s1. The molecule has 2 fully saturated rings. The van der Waals surface area contributed by atoms with Crippen LogP contribution in [0.5, 0.6) is 0 Å². The van der Waals surface area contributed by atoms with Gasteiger partial charge < -0.3 is 15.5 Å². The third kappa shape index (κ3) is 3.99. The van der Waals surface area contributed by atoms with E-state index in [2.05, 4.69) is 22.0 Å². The molecule has 2 aromatic rings. The lowest BCUT2D eigenvalue weighted by atomic mass is 9.93. The number of piperidine rings is 2. The Balaban J connectivity index is 1.29. The zero-order valence-corrected chi connectivity index (χ0v) is 16.0. The van der Waals surface area contributed by atoms with Gasteiger partial charge >= 0.3 is 0 Å². The summed E-state index contributed by atoms with van der Waals surface area (Å²) in [5.74, 6) is 0.721. The number of carbonyl (C=O) groups excluding carboxylic acids is 1. The lowest BCUT2D eigenvalue weighted by molar-refractivity contribution is -0.132. The molecule has 0 bridgehead atoms. The topological polar surface area (TPSA) is 75.3 Å². The molecule has 140 valence electrons. The molecule has 2 aliphatic heterocycles. The first-order valence-corrected chi connectivity index (χ1v) is 10.5. The van der Waals surface area contributed by atoms with Crippen molar-refractivity contribution in [3.05, 3.63) is 17.8 Å². The van der Waals surface area contributed by atoms with Crippen molar-refractivity contribution in [2.75, 3.05) is 38.5 Å². The van der Waals surface area contributed by atoms with Crippen LogP contribution in [-0.4, -0.2) is 58.4 Å². The molecule has 4 heterocycles. The van der Waals surface area contributed by atoms with Crippen LogP contribution in [0.25, 0.3) is 10.3 Å². The first-order chi connectivity index (χ1) is 12.7. The van der Waals surface area contributed by atoms with E-state index in [1.807, 2.05) is 4.90 Å². The van der Waals surface area contributed by atoms with Crippen LogP contribution in [0.2, 0.25) is 0 Å². The molecule has 2 aliphatic rings. The number of fused-ring (bicyclic) bond motifs is 1. The van der Waals surface area contributed by atoms with Crippen LogP contribution in [-0.2, 0) is 4.79 Å². The van der Waals surface area contributed by atoms with Crippen molar-refractivity contribution in [3.63, 3.8) is 0 Å². The lowest BCUT2D eigenvalue weighted by Gasteiger charge is -2.33. The molecule has 0 saturated carbocycles. The second-order valence-corrected chi connectivity index (χ2v) is 8.48. The number of nitrogens with zero attached hydrogens (tertiary/aromatic N) is 4. The van der Waals surface area contributed by atoms with Crippen LogP contribution >= 0.6 is 11.3 Å². The van der Waals surface area contributed by atoms with Gasteiger partial charge in [0.05, 0.1) is 4.70 Å². The number of hydrogen-bond donors (Lipinski definition) is 1. The predicted molar refractivity (Wildman–Crippen MR) is 105 cm³/mol. The molecule has 4 rings (SSSR count). The summed E-state index contributed by atoms with van der Waals surface area (Å²) in [5.41, 5.74) is 7.61. The highest BCUT2D eigenvalue weighted by atomic mass is 32.1. The Kier molecular flexibility index (Phi) is 5.36. The molecule has 0 radical (unpaired) electrons. The number of nitrogen functional groups attached to an aromatic ring is 1. The molecule has 26 heavy (non-hydrogen) atoms. The van der Waals surface area contributed by atoms with Gasteiger partial charge in [0.25, 0.3) is 0 Å². The number of aromatic nitrogens is 2. The molecule has 0 atom stereocenters. The number of pyridine rings is 1. The van der Waals surface area contributed by atoms with Crippen molar-refractivity contribution in [1.29, 1.82) is 0 Å². The highest BCUT2D eigenvalue weighted by Crippen LogP contribution is 2.30. The number of nitrogens with two attached hydrogens (primary N) is 1. The smallest absolute Gasteiger partial charge is 0.223 e. The molecule has 0 aromatic carbocycles. The molecule has 0 aliphatic carbocycles. The fourth-order valence-corrected chi connectivity index (χ4v) is 4.77. The molecule has 2 N–H and O–H groups in total. The monoisotopic (exact) mass is 373 g/mol. The maximum Gasteiger partial charge on any atom is 0.223 e. The highest BCUT2D eigenvalue weighted by Gasteiger charge is 2.25. The molecular formula is C19H27N5OS. The van der Waals surface area contributed by atoms with Gasteiger partial charge in [-0.25, -0.2) is 9.97 Å². The molecular weight excluding hydrogens is 346 g/mol. The number of carbonyl (C=O) groups is 1. The Morgan fingerprint density at radius 3 is 2.65 bits per heavy atom. The van der Waals surface area contributed by atoms with Gasteiger partial charge in [-0.2, -0.15) is 0 Å². The largest absolute Gasteiger partial charge is 0.375 e. The van der Waals surface area contributed by atoms with Crippen molar-refractivity contribution in [3.8, 4) is 0 Å². The summed E-state index contributed by atoms with van der Waals surface area (Å²) < 4.78 is 1.04. The maximum atomic E-state index is 12.5. The first kappa shape index (κ1) is 17.7. The molecule has 0 spiro atoms. The maximum absolute atomic E-state index is 12.5. The van der Waals surface area contributed by atoms with Crippen LogP contribution in [0.15, 0.2) is 12.1 Å². The zero-order valence-electron chi connectivity index (χ0n) is 15.2. The summed E-state index contributed by atoms with van der Waals surface area (Å²) in [4.78, 5) is 26.0. The second kappa shape index (κ2) is 7.88. The van der Waals surface area contributed by atoms with Gasteiger partial charge in [-0.15, -0.1) is 0 Å². The van der Waals surface area contributed by atoms with E-state index < -0.39 is 0 Å². The molecule has 6 nitrogen and oxygen atoms in total. The number of rotatable bonds is 4. The quantitative estimate of drug-likeness (QED) is 0.892. The van der Waals surface area contributed by atoms with Crippen molar-refractivity contribution in [1.82, 2.24) is 19.8 Å². The average molecular weight is 374 g/mol. The zero-order chi connectivity index (χ0) is 17.9. The molecule has 2 aromatic heterocycles. The number of anilines is 1. The van der Waals surface area contributed by atoms with Crippen molar-refractivity contribution in [2.45, 2.75) is 44.4 Å². The second-order valence-electron chi connectivity index (χ2n) is 7.42. The number of thiazole rings is 1. The normalized spacial score (nSPS) is 19.9. The Hall–Kier alpha value is -1.73. The minimum atomic E-state index is 0.310. The van der Waals surface area contributed by atoms with Crippen LogP contribution < -0.4 is 5.73 Å². The summed E-state index contributed by atoms with van der Waals surface area (Å²) in [6.45, 7) is 4.91. The predicted octanol–water partition coefficient (Wildman–Crippen LogP) is 2.86. The van der Waals surface area contributed by atoms with Crippen LogP contribution in [0.3, 0.4) is 0 Å². The van der Waals surface area contributed by atoms with Crippen LogP contribution in [0, 0.1) is 0 Å². The Morgan fingerprint density at radius 2 is 1.88 bits per heavy atom. The minimum Gasteiger partial charge on any atom is -0.375 e. The van der Waals surface area contributed by atoms with Crippen LogP contribution in [0.1, 0.15) is 50.1 Å². The van der Waals surface area contributed by atoms with E-state index in [4.69, 9.17) is 10.7 Å². The Morgan fingerprint density at radius 1 is 1.12 bits per heavy atom. The van der Waals surface area contributed by atoms with Crippen LogP contribution in [0.4, 0.5) is 5.13 Å². The summed E-state index contributed by atoms with van der Waals surface area (Å²) in [6.07, 6.45) is 6.52. The Bertz CT molecular complexity index is 762. The first-order valence-electron chi connectivity index (χ1n) is 9.72. The third-order valence-electron chi connectivity index (χ3n) is 5.65. The van der Waals surface area contributed by atoms with E-state index in [9.17, 15) is 4.79 Å². The number of likely N-dealkylation sites (tertiary alicyclic amines) is 2. The van der Waals surface area contributed by atoms with Crippen molar-refractivity contribution >= 4 is 32.7 Å². The molecule has 1 amide bonds. The van der Waals surface area contributed by atoms with Gasteiger partial charge in [0.2, 0.25) is 5.91 Å². The van der Waals surface area contributed by atoms with E-state index in [0.29, 0.717) is 23.4 Å². The van der Waals surface area contributed by atoms with Gasteiger partial charge in [0.15, 0.2) is 10.8 Å². The summed E-state index contributed by atoms with van der Waals surface area (Å²) in [6, 6.07) is 4.17. The fourth-order valence-electron chi connectivity index (χ4n) is 4.10. The van der Waals surface area contributed by atoms with Gasteiger partial charge in [-0.05, 0) is 50.9 Å². The van der Waals surface area contributed by atoms with E-state index in [1.165, 1.54) is 30.6 Å². The van der Waals surface area contributed by atoms with Gasteiger partial charge in [-0.1, -0.05) is 17.8 Å². The molecule has 7 heteroatoms. The summed E-state index contributed by atoms with van der Waals surface area (Å²) in [7, 11) is 0. The average Bonchev–Trinajstić information content (AvgIpc) is 3.06. The standard InChI is InChI=1S/C19H27N5OS/c20-19-22-18-16(26-19)5-4-15(21-18)14-6-12-24(13-7-14)17(25)8-11-23-9-2-1-3-10-23/h4-5,14H,1-3,6-13H2,(H2,20,21,22). The minimum absolute atomic E-state index is 0.310. The lowest BCUT2D eigenvalue weighted by Crippen LogP contribution is -2.40. The van der Waals surface area contributed by atoms with E-state index >= 15 is 0 Å². The number of hydrogen-bond acceptors (Lipinski definition) is 6. The Labute approximate surface area is 158 Å². The van der Waals surface area contributed by atoms with E-state index in [-0.39, 0.29) is 0 Å². The van der Waals surface area contributed by atoms with Gasteiger partial charge in [-0.3, -0.25) is 4.79 Å². The van der Waals surface area contributed by atoms with E-state index in [1.54, 1.807) is 0 Å². The highest BCUT2D eigenvalue weighted by molar-refractivity contribution is 7.21. The van der Waals surface area contributed by atoms with Gasteiger partial charge in [0, 0.05) is 37.7 Å². The van der Waals surface area contributed by atoms with E-state index in [0.717, 1.165) is 61.6 Å². The molecule has 2 saturated heterocycles.